The summed E-state index contributed by atoms with van der Waals surface area (Å²) in [7, 11) is 4.27. The van der Waals surface area contributed by atoms with E-state index in [1.165, 1.54) is 38.5 Å². The molecule has 3 aliphatic rings. The van der Waals surface area contributed by atoms with E-state index < -0.39 is 0 Å². The molecule has 108 valence electrons. The molecular weight excluding hydrogens is 236 g/mol. The van der Waals surface area contributed by atoms with Gasteiger partial charge in [-0.1, -0.05) is 12.8 Å². The first-order valence-corrected chi connectivity index (χ1v) is 8.10. The van der Waals surface area contributed by atoms with Crippen LogP contribution in [0.1, 0.15) is 38.5 Å². The minimum atomic E-state index is 0.417. The molecule has 1 aliphatic heterocycles. The van der Waals surface area contributed by atoms with Crippen LogP contribution in [-0.2, 0) is 4.79 Å². The van der Waals surface area contributed by atoms with Crippen molar-refractivity contribution in [1.29, 1.82) is 0 Å². The van der Waals surface area contributed by atoms with Gasteiger partial charge in [-0.25, -0.2) is 0 Å². The number of likely N-dealkylation sites (tertiary alicyclic amines) is 1. The summed E-state index contributed by atoms with van der Waals surface area (Å²) in [5, 5.41) is 0. The highest BCUT2D eigenvalue weighted by molar-refractivity contribution is 5.82. The smallest absolute Gasteiger partial charge is 0.226 e. The monoisotopic (exact) mass is 264 g/mol. The summed E-state index contributed by atoms with van der Waals surface area (Å²) in [5.41, 5.74) is 0. The largest absolute Gasteiger partial charge is 0.342 e. The number of rotatable bonds is 3. The number of piperidine rings is 1. The van der Waals surface area contributed by atoms with Gasteiger partial charge in [0.2, 0.25) is 5.91 Å². The molecule has 0 spiro atoms. The Bertz CT molecular complexity index is 330. The Morgan fingerprint density at radius 3 is 2.42 bits per heavy atom. The highest BCUT2D eigenvalue weighted by Crippen LogP contribution is 2.56. The summed E-state index contributed by atoms with van der Waals surface area (Å²) in [6.07, 6.45) is 7.83. The van der Waals surface area contributed by atoms with Gasteiger partial charge in [0.15, 0.2) is 0 Å². The van der Waals surface area contributed by atoms with Gasteiger partial charge in [0, 0.05) is 25.6 Å². The van der Waals surface area contributed by atoms with Crippen molar-refractivity contribution in [2.45, 2.75) is 38.5 Å². The predicted molar refractivity (Wildman–Crippen MR) is 76.8 cm³/mol. The Kier molecular flexibility index (Phi) is 3.84. The standard InChI is InChI=1S/C16H28N2O/c1-17(2)10-12-6-5-9-18(11-12)16(19)15-13-7-3-4-8-14(13)15/h12-15H,3-11H2,1-2H3/t12-,13-,14-/m0/s1. The average molecular weight is 264 g/mol. The lowest BCUT2D eigenvalue weighted by Crippen LogP contribution is -2.43. The molecule has 3 nitrogen and oxygen atoms in total. The molecule has 3 rings (SSSR count). The molecule has 0 unspecified atom stereocenters. The van der Waals surface area contributed by atoms with Crippen LogP contribution in [0.4, 0.5) is 0 Å². The summed E-state index contributed by atoms with van der Waals surface area (Å²) in [5.74, 6) is 3.13. The summed E-state index contributed by atoms with van der Waals surface area (Å²) in [6.45, 7) is 3.15. The Morgan fingerprint density at radius 2 is 1.79 bits per heavy atom. The molecule has 3 atom stereocenters. The van der Waals surface area contributed by atoms with Gasteiger partial charge in [-0.05, 0) is 57.5 Å². The van der Waals surface area contributed by atoms with Crippen molar-refractivity contribution in [2.75, 3.05) is 33.7 Å². The van der Waals surface area contributed by atoms with E-state index in [1.54, 1.807) is 0 Å². The molecule has 0 N–H and O–H groups in total. The van der Waals surface area contributed by atoms with Crippen LogP contribution in [0.3, 0.4) is 0 Å². The Morgan fingerprint density at radius 1 is 1.11 bits per heavy atom. The number of amides is 1. The van der Waals surface area contributed by atoms with Gasteiger partial charge in [-0.2, -0.15) is 0 Å². The molecule has 0 bridgehead atoms. The molecule has 0 radical (unpaired) electrons. The van der Waals surface area contributed by atoms with E-state index in [2.05, 4.69) is 23.9 Å². The highest BCUT2D eigenvalue weighted by atomic mass is 16.2. The predicted octanol–water partition coefficient (Wildman–Crippen LogP) is 2.22. The van der Waals surface area contributed by atoms with Crippen molar-refractivity contribution in [3.63, 3.8) is 0 Å². The second-order valence-corrected chi connectivity index (χ2v) is 7.19. The second-order valence-electron chi connectivity index (χ2n) is 7.19. The van der Waals surface area contributed by atoms with Crippen LogP contribution in [0.5, 0.6) is 0 Å². The van der Waals surface area contributed by atoms with E-state index in [0.717, 1.165) is 31.5 Å². The van der Waals surface area contributed by atoms with Crippen molar-refractivity contribution in [3.8, 4) is 0 Å². The van der Waals surface area contributed by atoms with Gasteiger partial charge < -0.3 is 9.80 Å². The molecule has 1 saturated heterocycles. The van der Waals surface area contributed by atoms with Crippen molar-refractivity contribution < 1.29 is 4.79 Å². The Balaban J connectivity index is 1.55. The lowest BCUT2D eigenvalue weighted by atomic mass is 9.97. The number of hydrogen-bond acceptors (Lipinski definition) is 2. The molecule has 1 amide bonds. The van der Waals surface area contributed by atoms with Crippen LogP contribution < -0.4 is 0 Å². The van der Waals surface area contributed by atoms with E-state index in [4.69, 9.17) is 0 Å². The van der Waals surface area contributed by atoms with E-state index in [9.17, 15) is 4.79 Å². The maximum atomic E-state index is 12.7. The summed E-state index contributed by atoms with van der Waals surface area (Å²) in [6, 6.07) is 0. The minimum absolute atomic E-state index is 0.417. The van der Waals surface area contributed by atoms with Crippen molar-refractivity contribution in [1.82, 2.24) is 9.80 Å². The molecule has 0 aromatic heterocycles. The lowest BCUT2D eigenvalue weighted by molar-refractivity contribution is -0.135. The lowest BCUT2D eigenvalue weighted by Gasteiger charge is -2.34. The Labute approximate surface area is 117 Å². The zero-order valence-electron chi connectivity index (χ0n) is 12.5. The van der Waals surface area contributed by atoms with Crippen LogP contribution in [0.15, 0.2) is 0 Å². The zero-order valence-corrected chi connectivity index (χ0v) is 12.5. The Hall–Kier alpha value is -0.570. The normalized spacial score (nSPS) is 38.2. The maximum absolute atomic E-state index is 12.7. The van der Waals surface area contributed by atoms with E-state index in [1.807, 2.05) is 0 Å². The molecule has 2 aliphatic carbocycles. The second kappa shape index (κ2) is 5.43. The fourth-order valence-electron chi connectivity index (χ4n) is 4.50. The molecule has 2 saturated carbocycles. The van der Waals surface area contributed by atoms with Crippen molar-refractivity contribution in [2.24, 2.45) is 23.7 Å². The van der Waals surface area contributed by atoms with Crippen LogP contribution in [0.2, 0.25) is 0 Å². The van der Waals surface area contributed by atoms with E-state index in [-0.39, 0.29) is 0 Å². The number of carbonyl (C=O) groups excluding carboxylic acids is 1. The first kappa shape index (κ1) is 13.4. The molecular formula is C16H28N2O. The molecule has 0 aromatic rings. The highest BCUT2D eigenvalue weighted by Gasteiger charge is 2.55. The van der Waals surface area contributed by atoms with Gasteiger partial charge in [0.05, 0.1) is 0 Å². The third kappa shape index (κ3) is 2.81. The van der Waals surface area contributed by atoms with Crippen LogP contribution in [0.25, 0.3) is 0 Å². The molecule has 3 heteroatoms. The average Bonchev–Trinajstić information content (AvgIpc) is 3.11. The molecule has 19 heavy (non-hydrogen) atoms. The number of hydrogen-bond donors (Lipinski definition) is 0. The third-order valence-electron chi connectivity index (χ3n) is 5.40. The number of fused-ring (bicyclic) bond motifs is 1. The van der Waals surface area contributed by atoms with E-state index in [0.29, 0.717) is 17.7 Å². The van der Waals surface area contributed by atoms with Gasteiger partial charge in [0.1, 0.15) is 0 Å². The van der Waals surface area contributed by atoms with E-state index >= 15 is 0 Å². The SMILES string of the molecule is CN(C)C[C@@H]1CCCN(C(=O)C2[C@H]3CCCC[C@H]23)C1. The van der Waals surface area contributed by atoms with Crippen molar-refractivity contribution >= 4 is 5.91 Å². The number of nitrogens with zero attached hydrogens (tertiary/aromatic N) is 2. The van der Waals surface area contributed by atoms with Gasteiger partial charge in [-0.15, -0.1) is 0 Å². The van der Waals surface area contributed by atoms with Crippen LogP contribution >= 0.6 is 0 Å². The molecule has 0 aromatic carbocycles. The molecule has 3 fully saturated rings. The van der Waals surface area contributed by atoms with Gasteiger partial charge in [0.25, 0.3) is 0 Å². The minimum Gasteiger partial charge on any atom is -0.342 e. The van der Waals surface area contributed by atoms with Gasteiger partial charge in [-0.3, -0.25) is 4.79 Å². The fourth-order valence-corrected chi connectivity index (χ4v) is 4.50. The topological polar surface area (TPSA) is 23.6 Å². The molecule has 1 heterocycles. The first-order chi connectivity index (χ1) is 9.16. The summed E-state index contributed by atoms with van der Waals surface area (Å²) in [4.78, 5) is 17.1. The third-order valence-corrected chi connectivity index (χ3v) is 5.40. The maximum Gasteiger partial charge on any atom is 0.226 e. The quantitative estimate of drug-likeness (QED) is 0.780. The fraction of sp³-hybridized carbons (Fsp3) is 0.938. The van der Waals surface area contributed by atoms with Crippen LogP contribution in [0, 0.1) is 23.7 Å². The van der Waals surface area contributed by atoms with Crippen molar-refractivity contribution in [3.05, 3.63) is 0 Å². The van der Waals surface area contributed by atoms with Gasteiger partial charge >= 0.3 is 0 Å². The number of carbonyl (C=O) groups is 1. The first-order valence-electron chi connectivity index (χ1n) is 8.10. The van der Waals surface area contributed by atoms with Crippen LogP contribution in [-0.4, -0.2) is 49.4 Å². The summed E-state index contributed by atoms with van der Waals surface area (Å²) < 4.78 is 0. The summed E-state index contributed by atoms with van der Waals surface area (Å²) >= 11 is 0. The zero-order chi connectivity index (χ0) is 13.4.